The van der Waals surface area contributed by atoms with Gasteiger partial charge in [0.1, 0.15) is 9.90 Å². The SMILES string of the molecule is CC(C)(C)[S+]([O-])N[C@@H](c1cnc(Cl)c(Cl)c1)C1CC1. The van der Waals surface area contributed by atoms with Gasteiger partial charge in [0.05, 0.1) is 11.1 Å². The lowest BCUT2D eigenvalue weighted by Crippen LogP contribution is -2.41. The number of nitrogens with one attached hydrogen (secondary N) is 1. The molecular weight excluding hydrogens is 303 g/mol. The molecule has 2 atom stereocenters. The van der Waals surface area contributed by atoms with Crippen molar-refractivity contribution in [2.45, 2.75) is 44.4 Å². The fraction of sp³-hybridized carbons (Fsp3) is 0.615. The van der Waals surface area contributed by atoms with Crippen molar-refractivity contribution in [3.63, 3.8) is 0 Å². The molecule has 0 aliphatic heterocycles. The van der Waals surface area contributed by atoms with Crippen LogP contribution in [0, 0.1) is 5.92 Å². The molecule has 0 aromatic carbocycles. The second-order valence-corrected chi connectivity index (χ2v) is 8.62. The van der Waals surface area contributed by atoms with E-state index in [1.165, 1.54) is 0 Å². The van der Waals surface area contributed by atoms with E-state index in [0.29, 0.717) is 16.1 Å². The summed E-state index contributed by atoms with van der Waals surface area (Å²) in [5.41, 5.74) is 0.953. The Morgan fingerprint density at radius 2 is 2.05 bits per heavy atom. The largest absolute Gasteiger partial charge is 0.598 e. The van der Waals surface area contributed by atoms with Crippen LogP contribution in [0.3, 0.4) is 0 Å². The van der Waals surface area contributed by atoms with Crippen molar-refractivity contribution in [2.75, 3.05) is 0 Å². The summed E-state index contributed by atoms with van der Waals surface area (Å²) in [7, 11) is 0. The van der Waals surface area contributed by atoms with E-state index in [-0.39, 0.29) is 10.8 Å². The number of hydrogen-bond acceptors (Lipinski definition) is 3. The molecule has 0 saturated heterocycles. The van der Waals surface area contributed by atoms with Crippen molar-refractivity contribution in [1.82, 2.24) is 9.71 Å². The van der Waals surface area contributed by atoms with Crippen LogP contribution >= 0.6 is 23.2 Å². The van der Waals surface area contributed by atoms with E-state index >= 15 is 0 Å². The number of pyridine rings is 1. The average molecular weight is 321 g/mol. The number of aromatic nitrogens is 1. The standard InChI is InChI=1S/C13H18Cl2N2OS/c1-13(2,3)19(18)17-11(8-4-5-8)9-6-10(14)12(15)16-7-9/h6-8,11,17H,4-5H2,1-3H3/t11-,19?/m1/s1. The minimum Gasteiger partial charge on any atom is -0.598 e. The van der Waals surface area contributed by atoms with Gasteiger partial charge < -0.3 is 4.55 Å². The third-order valence-electron chi connectivity index (χ3n) is 3.06. The summed E-state index contributed by atoms with van der Waals surface area (Å²) in [5, 5.41) is 0.741. The molecule has 6 heteroatoms. The average Bonchev–Trinajstić information content (AvgIpc) is 3.12. The van der Waals surface area contributed by atoms with Gasteiger partial charge in [0.15, 0.2) is 0 Å². The Kier molecular flexibility index (Phi) is 4.68. The van der Waals surface area contributed by atoms with Crippen molar-refractivity contribution < 1.29 is 4.55 Å². The van der Waals surface area contributed by atoms with E-state index in [1.807, 2.05) is 26.8 Å². The number of rotatable bonds is 4. The molecular formula is C13H18Cl2N2OS. The molecule has 1 aliphatic carbocycles. The minimum atomic E-state index is -1.11. The Hall–Kier alpha value is -0.0000000000000000555. The summed E-state index contributed by atoms with van der Waals surface area (Å²) < 4.78 is 15.2. The van der Waals surface area contributed by atoms with Crippen LogP contribution in [0.5, 0.6) is 0 Å². The third-order valence-corrected chi connectivity index (χ3v) is 5.33. The predicted molar refractivity (Wildman–Crippen MR) is 80.8 cm³/mol. The van der Waals surface area contributed by atoms with Crippen LogP contribution in [0.4, 0.5) is 0 Å². The molecule has 2 rings (SSSR count). The molecule has 1 saturated carbocycles. The van der Waals surface area contributed by atoms with Crippen molar-refractivity contribution in [3.8, 4) is 0 Å². The molecule has 1 aliphatic rings. The van der Waals surface area contributed by atoms with Crippen LogP contribution in [0.1, 0.15) is 45.2 Å². The molecule has 0 spiro atoms. The highest BCUT2D eigenvalue weighted by Gasteiger charge is 2.38. The van der Waals surface area contributed by atoms with E-state index in [4.69, 9.17) is 23.2 Å². The highest BCUT2D eigenvalue weighted by atomic mass is 35.5. The van der Waals surface area contributed by atoms with Crippen LogP contribution in [0.2, 0.25) is 10.2 Å². The van der Waals surface area contributed by atoms with Crippen molar-refractivity contribution in [2.24, 2.45) is 5.92 Å². The number of hydrogen-bond donors (Lipinski definition) is 1. The molecule has 1 N–H and O–H groups in total. The number of nitrogens with zero attached hydrogens (tertiary/aromatic N) is 1. The lowest BCUT2D eigenvalue weighted by molar-refractivity contribution is 0.503. The Balaban J connectivity index is 2.18. The van der Waals surface area contributed by atoms with Crippen LogP contribution in [-0.2, 0) is 11.4 Å². The fourth-order valence-electron chi connectivity index (χ4n) is 1.76. The summed E-state index contributed by atoms with van der Waals surface area (Å²) >= 11 is 10.7. The smallest absolute Gasteiger partial charge is 0.147 e. The lowest BCUT2D eigenvalue weighted by atomic mass is 10.1. The first-order valence-corrected chi connectivity index (χ1v) is 8.18. The van der Waals surface area contributed by atoms with Gasteiger partial charge in [-0.05, 0) is 51.2 Å². The van der Waals surface area contributed by atoms with E-state index in [2.05, 4.69) is 9.71 Å². The Labute approximate surface area is 127 Å². The third kappa shape index (κ3) is 3.99. The molecule has 3 nitrogen and oxygen atoms in total. The maximum Gasteiger partial charge on any atom is 0.147 e. The van der Waals surface area contributed by atoms with Crippen LogP contribution in [0.15, 0.2) is 12.3 Å². The minimum absolute atomic E-state index is 0.0299. The molecule has 106 valence electrons. The summed E-state index contributed by atoms with van der Waals surface area (Å²) in [6.07, 6.45) is 3.99. The van der Waals surface area contributed by atoms with Gasteiger partial charge in [0.2, 0.25) is 0 Å². The van der Waals surface area contributed by atoms with Gasteiger partial charge in [-0.15, -0.1) is 4.72 Å². The molecule has 1 fully saturated rings. The number of halogens is 2. The molecule has 0 radical (unpaired) electrons. The fourth-order valence-corrected chi connectivity index (χ4v) is 2.96. The highest BCUT2D eigenvalue weighted by Crippen LogP contribution is 2.42. The highest BCUT2D eigenvalue weighted by molar-refractivity contribution is 7.90. The molecule has 1 aromatic heterocycles. The first-order chi connectivity index (χ1) is 8.79. The van der Waals surface area contributed by atoms with Gasteiger partial charge >= 0.3 is 0 Å². The Morgan fingerprint density at radius 3 is 2.53 bits per heavy atom. The molecule has 19 heavy (non-hydrogen) atoms. The van der Waals surface area contributed by atoms with Crippen molar-refractivity contribution >= 4 is 34.6 Å². The zero-order valence-corrected chi connectivity index (χ0v) is 13.6. The predicted octanol–water partition coefficient (Wildman–Crippen LogP) is 3.89. The summed E-state index contributed by atoms with van der Waals surface area (Å²) in [6, 6.07) is 1.84. The zero-order valence-electron chi connectivity index (χ0n) is 11.2. The van der Waals surface area contributed by atoms with Gasteiger partial charge in [0, 0.05) is 17.6 Å². The van der Waals surface area contributed by atoms with Crippen LogP contribution < -0.4 is 4.72 Å². The maximum absolute atomic E-state index is 12.3. The topological polar surface area (TPSA) is 48.0 Å². The lowest BCUT2D eigenvalue weighted by Gasteiger charge is -2.28. The molecule has 1 heterocycles. The maximum atomic E-state index is 12.3. The Bertz CT molecular complexity index is 460. The first kappa shape index (κ1) is 15.4. The van der Waals surface area contributed by atoms with Gasteiger partial charge in [-0.3, -0.25) is 0 Å². The van der Waals surface area contributed by atoms with Gasteiger partial charge in [-0.1, -0.05) is 23.2 Å². The van der Waals surface area contributed by atoms with Crippen LogP contribution in [0.25, 0.3) is 0 Å². The van der Waals surface area contributed by atoms with E-state index in [9.17, 15) is 4.55 Å². The zero-order chi connectivity index (χ0) is 14.2. The quantitative estimate of drug-likeness (QED) is 0.676. The summed E-state index contributed by atoms with van der Waals surface area (Å²) in [4.78, 5) is 4.07. The second-order valence-electron chi connectivity index (χ2n) is 5.86. The van der Waals surface area contributed by atoms with Gasteiger partial charge in [-0.25, -0.2) is 4.98 Å². The summed E-state index contributed by atoms with van der Waals surface area (Å²) in [6.45, 7) is 5.85. The van der Waals surface area contributed by atoms with E-state index in [0.717, 1.165) is 18.4 Å². The molecule has 1 unspecified atom stereocenters. The van der Waals surface area contributed by atoms with E-state index < -0.39 is 11.4 Å². The Morgan fingerprint density at radius 1 is 1.42 bits per heavy atom. The molecule has 0 amide bonds. The molecule has 1 aromatic rings. The normalized spacial score (nSPS) is 19.3. The van der Waals surface area contributed by atoms with Gasteiger partial charge in [-0.2, -0.15) is 0 Å². The van der Waals surface area contributed by atoms with Gasteiger partial charge in [0.25, 0.3) is 0 Å². The van der Waals surface area contributed by atoms with Crippen molar-refractivity contribution in [1.29, 1.82) is 0 Å². The van der Waals surface area contributed by atoms with Crippen LogP contribution in [-0.4, -0.2) is 14.3 Å². The second kappa shape index (κ2) is 5.78. The van der Waals surface area contributed by atoms with Crippen molar-refractivity contribution in [3.05, 3.63) is 28.0 Å². The first-order valence-electron chi connectivity index (χ1n) is 6.28. The van der Waals surface area contributed by atoms with E-state index in [1.54, 1.807) is 6.20 Å². The monoisotopic (exact) mass is 320 g/mol. The summed E-state index contributed by atoms with van der Waals surface area (Å²) in [5.74, 6) is 0.505. The molecule has 0 bridgehead atoms.